The molecule has 0 aliphatic rings. The number of aryl methyl sites for hydroxylation is 1. The van der Waals surface area contributed by atoms with Crippen molar-refractivity contribution < 1.29 is 18.0 Å². The molecule has 0 saturated heterocycles. The lowest BCUT2D eigenvalue weighted by Crippen LogP contribution is -2.51. The summed E-state index contributed by atoms with van der Waals surface area (Å²) in [7, 11) is -4.13. The van der Waals surface area contributed by atoms with Crippen LogP contribution in [0.1, 0.15) is 31.4 Å². The maximum atomic E-state index is 13.8. The average molecular weight is 577 g/mol. The van der Waals surface area contributed by atoms with Gasteiger partial charge in [-0.1, -0.05) is 60.0 Å². The topological polar surface area (TPSA) is 86.8 Å². The average Bonchev–Trinajstić information content (AvgIpc) is 2.89. The number of carbonyl (C=O) groups is 2. The number of hydrogen-bond acceptors (Lipinski definition) is 4. The Morgan fingerprint density at radius 3 is 2.21 bits per heavy atom. The summed E-state index contributed by atoms with van der Waals surface area (Å²) in [5.41, 5.74) is 1.88. The molecule has 0 bridgehead atoms. The summed E-state index contributed by atoms with van der Waals surface area (Å²) in [4.78, 5) is 28.1. The van der Waals surface area contributed by atoms with Crippen LogP contribution in [0.15, 0.2) is 77.7 Å². The normalized spacial score (nSPS) is 12.0. The Hall–Kier alpha value is -3.07. The van der Waals surface area contributed by atoms with E-state index in [-0.39, 0.29) is 23.0 Å². The zero-order valence-electron chi connectivity index (χ0n) is 21.5. The molecule has 0 heterocycles. The first-order valence-electron chi connectivity index (χ1n) is 12.2. The standard InChI is InChI=1S/C28H31Cl2N3O4S/c1-4-16-31-28(35)21(3)32(18-22-6-5-7-24(30)17-22)27(34)19-33(25-12-10-23(29)11-13-25)38(36,37)26-14-8-20(2)9-15-26/h5-15,17,21H,4,16,18-19H2,1-3H3,(H,31,35). The molecule has 0 aliphatic heterocycles. The Balaban J connectivity index is 2.01. The molecule has 1 N–H and O–H groups in total. The molecule has 0 aliphatic carbocycles. The van der Waals surface area contributed by atoms with Crippen LogP contribution in [0.5, 0.6) is 0 Å². The molecule has 3 rings (SSSR count). The number of amides is 2. The number of nitrogens with zero attached hydrogens (tertiary/aromatic N) is 2. The quantitative estimate of drug-likeness (QED) is 0.330. The van der Waals surface area contributed by atoms with Crippen LogP contribution in [0.2, 0.25) is 10.0 Å². The molecule has 10 heteroatoms. The predicted molar refractivity (Wildman–Crippen MR) is 152 cm³/mol. The van der Waals surface area contributed by atoms with E-state index >= 15 is 0 Å². The highest BCUT2D eigenvalue weighted by atomic mass is 35.5. The summed E-state index contributed by atoms with van der Waals surface area (Å²) in [5, 5.41) is 3.73. The second kappa shape index (κ2) is 13.1. The molecule has 1 unspecified atom stereocenters. The van der Waals surface area contributed by atoms with Crippen molar-refractivity contribution in [2.24, 2.45) is 0 Å². The minimum absolute atomic E-state index is 0.0426. The van der Waals surface area contributed by atoms with Crippen LogP contribution in [0.4, 0.5) is 5.69 Å². The van der Waals surface area contributed by atoms with E-state index in [1.807, 2.05) is 13.8 Å². The number of rotatable bonds is 11. The van der Waals surface area contributed by atoms with Gasteiger partial charge in [-0.3, -0.25) is 13.9 Å². The third kappa shape index (κ3) is 7.49. The van der Waals surface area contributed by atoms with E-state index < -0.39 is 28.5 Å². The molecule has 0 spiro atoms. The molecule has 38 heavy (non-hydrogen) atoms. The van der Waals surface area contributed by atoms with Crippen LogP contribution >= 0.6 is 23.2 Å². The van der Waals surface area contributed by atoms with Crippen LogP contribution in [-0.2, 0) is 26.2 Å². The van der Waals surface area contributed by atoms with Crippen LogP contribution in [0.3, 0.4) is 0 Å². The van der Waals surface area contributed by atoms with Gasteiger partial charge >= 0.3 is 0 Å². The minimum Gasteiger partial charge on any atom is -0.354 e. The highest BCUT2D eigenvalue weighted by molar-refractivity contribution is 7.92. The molecular formula is C28H31Cl2N3O4S. The number of hydrogen-bond donors (Lipinski definition) is 1. The van der Waals surface area contributed by atoms with Crippen LogP contribution in [0.25, 0.3) is 0 Å². The van der Waals surface area contributed by atoms with Gasteiger partial charge in [0.25, 0.3) is 10.0 Å². The maximum Gasteiger partial charge on any atom is 0.264 e. The first-order valence-corrected chi connectivity index (χ1v) is 14.4. The molecule has 3 aromatic carbocycles. The maximum absolute atomic E-state index is 13.8. The van der Waals surface area contributed by atoms with Crippen molar-refractivity contribution in [1.29, 1.82) is 0 Å². The molecule has 0 aromatic heterocycles. The summed E-state index contributed by atoms with van der Waals surface area (Å²) < 4.78 is 28.6. The van der Waals surface area contributed by atoms with Crippen molar-refractivity contribution in [2.75, 3.05) is 17.4 Å². The number of nitrogens with one attached hydrogen (secondary N) is 1. The molecule has 3 aromatic rings. The van der Waals surface area contributed by atoms with Gasteiger partial charge in [0, 0.05) is 23.1 Å². The fourth-order valence-corrected chi connectivity index (χ4v) is 5.54. The van der Waals surface area contributed by atoms with Crippen molar-refractivity contribution in [1.82, 2.24) is 10.2 Å². The summed E-state index contributed by atoms with van der Waals surface area (Å²) in [6.07, 6.45) is 0.736. The molecule has 0 fully saturated rings. The SMILES string of the molecule is CCCNC(=O)C(C)N(Cc1cccc(Cl)c1)C(=O)CN(c1ccc(Cl)cc1)S(=O)(=O)c1ccc(C)cc1. The van der Waals surface area contributed by atoms with Crippen molar-refractivity contribution in [2.45, 2.75) is 44.7 Å². The van der Waals surface area contributed by atoms with Crippen molar-refractivity contribution >= 4 is 50.7 Å². The molecule has 1 atom stereocenters. The van der Waals surface area contributed by atoms with Crippen molar-refractivity contribution in [3.05, 3.63) is 94.0 Å². The smallest absolute Gasteiger partial charge is 0.264 e. The van der Waals surface area contributed by atoms with E-state index in [4.69, 9.17) is 23.2 Å². The molecule has 2 amide bonds. The van der Waals surface area contributed by atoms with E-state index in [0.717, 1.165) is 16.3 Å². The Morgan fingerprint density at radius 2 is 1.61 bits per heavy atom. The van der Waals surface area contributed by atoms with Gasteiger partial charge < -0.3 is 10.2 Å². The van der Waals surface area contributed by atoms with Crippen LogP contribution < -0.4 is 9.62 Å². The van der Waals surface area contributed by atoms with Gasteiger partial charge in [0.05, 0.1) is 10.6 Å². The molecular weight excluding hydrogens is 545 g/mol. The molecule has 0 saturated carbocycles. The first-order chi connectivity index (χ1) is 18.0. The first kappa shape index (κ1) is 29.5. The highest BCUT2D eigenvalue weighted by Crippen LogP contribution is 2.26. The van der Waals surface area contributed by atoms with E-state index in [1.165, 1.54) is 17.0 Å². The number of benzene rings is 3. The lowest BCUT2D eigenvalue weighted by molar-refractivity contribution is -0.139. The van der Waals surface area contributed by atoms with E-state index in [2.05, 4.69) is 5.32 Å². The van der Waals surface area contributed by atoms with Gasteiger partial charge in [-0.05, 0) is 74.4 Å². The number of carbonyl (C=O) groups excluding carboxylic acids is 2. The zero-order chi connectivity index (χ0) is 27.9. The fourth-order valence-electron chi connectivity index (χ4n) is 3.78. The number of sulfonamides is 1. The number of anilines is 1. The largest absolute Gasteiger partial charge is 0.354 e. The van der Waals surface area contributed by atoms with E-state index in [0.29, 0.717) is 22.2 Å². The number of halogens is 2. The zero-order valence-corrected chi connectivity index (χ0v) is 23.9. The van der Waals surface area contributed by atoms with E-state index in [9.17, 15) is 18.0 Å². The molecule has 7 nitrogen and oxygen atoms in total. The highest BCUT2D eigenvalue weighted by Gasteiger charge is 2.32. The van der Waals surface area contributed by atoms with Crippen LogP contribution in [0, 0.1) is 6.92 Å². The molecule has 0 radical (unpaired) electrons. The fraction of sp³-hybridized carbons (Fsp3) is 0.286. The van der Waals surface area contributed by atoms with Gasteiger partial charge in [0.1, 0.15) is 12.6 Å². The Kier molecular flexibility index (Phi) is 10.2. The Labute approximate surface area is 234 Å². The van der Waals surface area contributed by atoms with Crippen LogP contribution in [-0.4, -0.2) is 44.3 Å². The summed E-state index contributed by atoms with van der Waals surface area (Å²) >= 11 is 12.2. The van der Waals surface area contributed by atoms with Gasteiger partial charge in [-0.15, -0.1) is 0 Å². The van der Waals surface area contributed by atoms with Gasteiger partial charge in [-0.2, -0.15) is 0 Å². The van der Waals surface area contributed by atoms with Gasteiger partial charge in [0.15, 0.2) is 0 Å². The summed E-state index contributed by atoms with van der Waals surface area (Å²) in [6, 6.07) is 18.7. The molecule has 202 valence electrons. The Bertz CT molecular complexity index is 1360. The summed E-state index contributed by atoms with van der Waals surface area (Å²) in [6.45, 7) is 5.41. The Morgan fingerprint density at radius 1 is 0.947 bits per heavy atom. The second-order valence-corrected chi connectivity index (χ2v) is 11.7. The second-order valence-electron chi connectivity index (χ2n) is 8.92. The predicted octanol–water partition coefficient (Wildman–Crippen LogP) is 5.44. The minimum atomic E-state index is -4.13. The van der Waals surface area contributed by atoms with Gasteiger partial charge in [-0.25, -0.2) is 8.42 Å². The monoisotopic (exact) mass is 575 g/mol. The third-order valence-corrected chi connectivity index (χ3v) is 8.24. The lowest BCUT2D eigenvalue weighted by Gasteiger charge is -2.32. The van der Waals surface area contributed by atoms with E-state index in [1.54, 1.807) is 67.6 Å². The van der Waals surface area contributed by atoms with Crippen molar-refractivity contribution in [3.63, 3.8) is 0 Å². The van der Waals surface area contributed by atoms with Gasteiger partial charge in [0.2, 0.25) is 11.8 Å². The summed E-state index contributed by atoms with van der Waals surface area (Å²) in [5.74, 6) is -0.878. The third-order valence-electron chi connectivity index (χ3n) is 5.96. The van der Waals surface area contributed by atoms with Crippen molar-refractivity contribution in [3.8, 4) is 0 Å². The lowest BCUT2D eigenvalue weighted by atomic mass is 10.1.